The van der Waals surface area contributed by atoms with Crippen LogP contribution in [0.5, 0.6) is 0 Å². The van der Waals surface area contributed by atoms with Crippen LogP contribution >= 0.6 is 0 Å². The van der Waals surface area contributed by atoms with Crippen molar-refractivity contribution in [2.75, 3.05) is 11.9 Å². The van der Waals surface area contributed by atoms with Gasteiger partial charge in [0.25, 0.3) is 0 Å². The number of nitrogens with one attached hydrogen (secondary N) is 1. The van der Waals surface area contributed by atoms with Crippen molar-refractivity contribution in [1.82, 2.24) is 14.8 Å². The van der Waals surface area contributed by atoms with Crippen LogP contribution in [0.15, 0.2) is 6.20 Å². The first-order chi connectivity index (χ1) is 9.26. The standard InChI is InChI=1S/C13H18N4O3/c1-7-9-10(15-13(2,3)6-18)8(12(19)20)5-14-11(9)17(4)16-7/h5,18H,6H2,1-4H3,(H,14,15)(H,19,20). The number of hydrogen-bond acceptors (Lipinski definition) is 5. The summed E-state index contributed by atoms with van der Waals surface area (Å²) in [5.74, 6) is -1.07. The average Bonchev–Trinajstić information content (AvgIpc) is 2.65. The largest absolute Gasteiger partial charge is 0.478 e. The SMILES string of the molecule is Cc1nn(C)c2ncc(C(=O)O)c(NC(C)(C)CO)c12. The maximum absolute atomic E-state index is 11.4. The molecule has 0 spiro atoms. The second kappa shape index (κ2) is 4.75. The Morgan fingerprint density at radius 2 is 2.15 bits per heavy atom. The van der Waals surface area contributed by atoms with E-state index in [0.29, 0.717) is 22.4 Å². The third-order valence-electron chi connectivity index (χ3n) is 3.12. The molecule has 0 aliphatic rings. The Kier molecular flexibility index (Phi) is 3.39. The van der Waals surface area contributed by atoms with E-state index in [1.54, 1.807) is 32.5 Å². The highest BCUT2D eigenvalue weighted by molar-refractivity contribution is 6.04. The minimum Gasteiger partial charge on any atom is -0.478 e. The number of rotatable bonds is 4. The molecule has 0 bridgehead atoms. The number of carboxylic acid groups (broad SMARTS) is 1. The lowest BCUT2D eigenvalue weighted by Crippen LogP contribution is -2.35. The predicted molar refractivity (Wildman–Crippen MR) is 75.0 cm³/mol. The Morgan fingerprint density at radius 3 is 2.70 bits per heavy atom. The van der Waals surface area contributed by atoms with Crippen LogP contribution in [-0.4, -0.2) is 43.1 Å². The smallest absolute Gasteiger partial charge is 0.339 e. The minimum atomic E-state index is -1.07. The highest BCUT2D eigenvalue weighted by Crippen LogP contribution is 2.30. The summed E-state index contributed by atoms with van der Waals surface area (Å²) >= 11 is 0. The third-order valence-corrected chi connectivity index (χ3v) is 3.12. The van der Waals surface area contributed by atoms with E-state index in [1.165, 1.54) is 6.20 Å². The Bertz CT molecular complexity index is 676. The van der Waals surface area contributed by atoms with Gasteiger partial charge in [-0.2, -0.15) is 5.10 Å². The number of hydrogen-bond donors (Lipinski definition) is 3. The maximum Gasteiger partial charge on any atom is 0.339 e. The fourth-order valence-electron chi connectivity index (χ4n) is 2.08. The molecule has 108 valence electrons. The van der Waals surface area contributed by atoms with Crippen molar-refractivity contribution in [3.63, 3.8) is 0 Å². The molecule has 0 saturated carbocycles. The number of nitrogens with zero attached hydrogens (tertiary/aromatic N) is 3. The van der Waals surface area contributed by atoms with Crippen LogP contribution in [0.25, 0.3) is 11.0 Å². The molecule has 0 amide bonds. The van der Waals surface area contributed by atoms with Gasteiger partial charge < -0.3 is 15.5 Å². The molecular formula is C13H18N4O3. The van der Waals surface area contributed by atoms with Gasteiger partial charge in [-0.15, -0.1) is 0 Å². The van der Waals surface area contributed by atoms with E-state index in [2.05, 4.69) is 15.4 Å². The van der Waals surface area contributed by atoms with Gasteiger partial charge in [-0.1, -0.05) is 0 Å². The van der Waals surface area contributed by atoms with Gasteiger partial charge >= 0.3 is 5.97 Å². The molecule has 0 unspecified atom stereocenters. The van der Waals surface area contributed by atoms with Gasteiger partial charge in [-0.25, -0.2) is 9.78 Å². The molecule has 0 fully saturated rings. The molecule has 20 heavy (non-hydrogen) atoms. The molecule has 0 radical (unpaired) electrons. The topological polar surface area (TPSA) is 100 Å². The lowest BCUT2D eigenvalue weighted by molar-refractivity contribution is 0.0697. The summed E-state index contributed by atoms with van der Waals surface area (Å²) in [5.41, 5.74) is 1.14. The first kappa shape index (κ1) is 14.3. The molecule has 3 N–H and O–H groups in total. The second-order valence-corrected chi connectivity index (χ2v) is 5.43. The molecule has 2 rings (SSSR count). The molecule has 2 aromatic heterocycles. The molecule has 2 heterocycles. The Hall–Kier alpha value is -2.15. The normalized spacial score (nSPS) is 11.8. The van der Waals surface area contributed by atoms with Gasteiger partial charge in [0.2, 0.25) is 0 Å². The number of aromatic nitrogens is 3. The number of aliphatic hydroxyl groups excluding tert-OH is 1. The first-order valence-electron chi connectivity index (χ1n) is 6.21. The number of anilines is 1. The van der Waals surface area contributed by atoms with Crippen molar-refractivity contribution in [2.45, 2.75) is 26.3 Å². The van der Waals surface area contributed by atoms with Crippen LogP contribution in [-0.2, 0) is 7.05 Å². The van der Waals surface area contributed by atoms with Crippen molar-refractivity contribution in [3.8, 4) is 0 Å². The molecule has 7 heteroatoms. The van der Waals surface area contributed by atoms with Crippen LogP contribution in [0.3, 0.4) is 0 Å². The summed E-state index contributed by atoms with van der Waals surface area (Å²) in [6.07, 6.45) is 1.31. The zero-order valence-electron chi connectivity index (χ0n) is 11.9. The zero-order valence-corrected chi connectivity index (χ0v) is 11.9. The molecular weight excluding hydrogens is 260 g/mol. The van der Waals surface area contributed by atoms with E-state index in [0.717, 1.165) is 0 Å². The van der Waals surface area contributed by atoms with Crippen molar-refractivity contribution in [1.29, 1.82) is 0 Å². The van der Waals surface area contributed by atoms with E-state index in [9.17, 15) is 15.0 Å². The highest BCUT2D eigenvalue weighted by Gasteiger charge is 2.24. The van der Waals surface area contributed by atoms with Crippen molar-refractivity contribution in [2.24, 2.45) is 7.05 Å². The molecule has 0 aromatic carbocycles. The molecule has 2 aromatic rings. The van der Waals surface area contributed by atoms with Gasteiger partial charge in [-0.3, -0.25) is 4.68 Å². The lowest BCUT2D eigenvalue weighted by atomic mass is 10.0. The molecule has 0 atom stereocenters. The fraction of sp³-hybridized carbons (Fsp3) is 0.462. The predicted octanol–water partition coefficient (Wildman–Crippen LogP) is 1.16. The van der Waals surface area contributed by atoms with E-state index in [4.69, 9.17) is 0 Å². The number of carbonyl (C=O) groups is 1. The van der Waals surface area contributed by atoms with Crippen molar-refractivity contribution >= 4 is 22.7 Å². The number of carboxylic acids is 1. The number of pyridine rings is 1. The highest BCUT2D eigenvalue weighted by atomic mass is 16.4. The van der Waals surface area contributed by atoms with Gasteiger partial charge in [0.15, 0.2) is 5.65 Å². The summed E-state index contributed by atoms with van der Waals surface area (Å²) in [7, 11) is 1.75. The zero-order chi connectivity index (χ0) is 15.1. The monoisotopic (exact) mass is 278 g/mol. The van der Waals surface area contributed by atoms with Crippen molar-refractivity contribution < 1.29 is 15.0 Å². The number of aromatic carboxylic acids is 1. The second-order valence-electron chi connectivity index (χ2n) is 5.43. The molecule has 0 aliphatic heterocycles. The average molecular weight is 278 g/mol. The first-order valence-corrected chi connectivity index (χ1v) is 6.21. The van der Waals surface area contributed by atoms with E-state index < -0.39 is 11.5 Å². The van der Waals surface area contributed by atoms with Crippen LogP contribution in [0, 0.1) is 6.92 Å². The molecule has 0 aliphatic carbocycles. The van der Waals surface area contributed by atoms with E-state index in [1.807, 2.05) is 0 Å². The van der Waals surface area contributed by atoms with Gasteiger partial charge in [0.05, 0.1) is 28.9 Å². The van der Waals surface area contributed by atoms with E-state index >= 15 is 0 Å². The van der Waals surface area contributed by atoms with Crippen LogP contribution < -0.4 is 5.32 Å². The van der Waals surface area contributed by atoms with Gasteiger partial charge in [0, 0.05) is 13.2 Å². The third kappa shape index (κ3) is 2.32. The summed E-state index contributed by atoms with van der Waals surface area (Å²) in [6.45, 7) is 5.25. The fourth-order valence-corrected chi connectivity index (χ4v) is 2.08. The van der Waals surface area contributed by atoms with Crippen molar-refractivity contribution in [3.05, 3.63) is 17.5 Å². The van der Waals surface area contributed by atoms with Crippen LogP contribution in [0.2, 0.25) is 0 Å². The summed E-state index contributed by atoms with van der Waals surface area (Å²) in [6, 6.07) is 0. The van der Waals surface area contributed by atoms with Crippen LogP contribution in [0.4, 0.5) is 5.69 Å². The maximum atomic E-state index is 11.4. The lowest BCUT2D eigenvalue weighted by Gasteiger charge is -2.26. The quantitative estimate of drug-likeness (QED) is 0.776. The summed E-state index contributed by atoms with van der Waals surface area (Å²) < 4.78 is 1.60. The number of aryl methyl sites for hydroxylation is 2. The Morgan fingerprint density at radius 1 is 1.50 bits per heavy atom. The number of fused-ring (bicyclic) bond motifs is 1. The van der Waals surface area contributed by atoms with Gasteiger partial charge in [-0.05, 0) is 20.8 Å². The Labute approximate surface area is 116 Å². The Balaban J connectivity index is 2.75. The number of aliphatic hydroxyl groups is 1. The summed E-state index contributed by atoms with van der Waals surface area (Å²) in [4.78, 5) is 15.5. The van der Waals surface area contributed by atoms with E-state index in [-0.39, 0.29) is 12.2 Å². The molecule has 0 saturated heterocycles. The van der Waals surface area contributed by atoms with Crippen LogP contribution in [0.1, 0.15) is 29.9 Å². The minimum absolute atomic E-state index is 0.0649. The summed E-state index contributed by atoms with van der Waals surface area (Å²) in [5, 5.41) is 26.7. The molecule has 7 nitrogen and oxygen atoms in total. The van der Waals surface area contributed by atoms with Gasteiger partial charge in [0.1, 0.15) is 5.56 Å².